The Hall–Kier alpha value is -1.75. The average molecular weight is 332 g/mol. The molecule has 4 nitrogen and oxygen atoms in total. The lowest BCUT2D eigenvalue weighted by molar-refractivity contribution is 0.0735. The number of hydrogen-bond donors (Lipinski definition) is 0. The van der Waals surface area contributed by atoms with Crippen LogP contribution in [0.3, 0.4) is 0 Å². The Kier molecular flexibility index (Phi) is 3.78. The molecule has 0 unspecified atom stereocenters. The minimum Gasteiger partial charge on any atom is -0.332 e. The van der Waals surface area contributed by atoms with Crippen LogP contribution in [0.2, 0.25) is 0 Å². The third-order valence-electron chi connectivity index (χ3n) is 3.56. The highest BCUT2D eigenvalue weighted by Gasteiger charge is 2.30. The van der Waals surface area contributed by atoms with Gasteiger partial charge in [0.15, 0.2) is 0 Å². The van der Waals surface area contributed by atoms with E-state index in [1.807, 2.05) is 23.1 Å². The Balaban J connectivity index is 1.87. The number of aromatic nitrogens is 2. The molecule has 0 spiro atoms. The molecule has 1 atom stereocenters. The van der Waals surface area contributed by atoms with Crippen LogP contribution in [0.4, 0.5) is 0 Å². The molecule has 0 aromatic carbocycles. The van der Waals surface area contributed by atoms with Gasteiger partial charge in [0.05, 0.1) is 11.6 Å². The summed E-state index contributed by atoms with van der Waals surface area (Å²) in [4.78, 5) is 22.7. The third-order valence-corrected chi connectivity index (χ3v) is 3.99. The normalized spacial score (nSPS) is 18.2. The van der Waals surface area contributed by atoms with Gasteiger partial charge in [-0.15, -0.1) is 0 Å². The van der Waals surface area contributed by atoms with E-state index in [0.29, 0.717) is 5.56 Å². The second-order valence-corrected chi connectivity index (χ2v) is 5.74. The Labute approximate surface area is 126 Å². The van der Waals surface area contributed by atoms with Gasteiger partial charge in [0.25, 0.3) is 5.91 Å². The van der Waals surface area contributed by atoms with Gasteiger partial charge in [-0.3, -0.25) is 14.8 Å². The van der Waals surface area contributed by atoms with Crippen molar-refractivity contribution >= 4 is 21.8 Å². The minimum absolute atomic E-state index is 0.0399. The highest BCUT2D eigenvalue weighted by molar-refractivity contribution is 9.10. The molecule has 3 rings (SSSR count). The van der Waals surface area contributed by atoms with Gasteiger partial charge in [-0.05, 0) is 52.5 Å². The summed E-state index contributed by atoms with van der Waals surface area (Å²) < 4.78 is 0.822. The molecule has 102 valence electrons. The average Bonchev–Trinajstić information content (AvgIpc) is 2.97. The topological polar surface area (TPSA) is 46.1 Å². The number of hydrogen-bond acceptors (Lipinski definition) is 3. The van der Waals surface area contributed by atoms with Crippen LogP contribution in [-0.2, 0) is 0 Å². The molecule has 0 N–H and O–H groups in total. The van der Waals surface area contributed by atoms with E-state index in [0.717, 1.165) is 29.4 Å². The smallest absolute Gasteiger partial charge is 0.255 e. The van der Waals surface area contributed by atoms with Crippen LogP contribution in [0.25, 0.3) is 0 Å². The van der Waals surface area contributed by atoms with Crippen molar-refractivity contribution in [2.45, 2.75) is 18.9 Å². The standard InChI is InChI=1S/C15H14BrN3O/c16-13-8-12(9-18-10-13)15(20)19-7-1-2-14(19)11-3-5-17-6-4-11/h3-6,8-10,14H,1-2,7H2/t14-/m1/s1. The number of carbonyl (C=O) groups is 1. The van der Waals surface area contributed by atoms with Crippen LogP contribution >= 0.6 is 15.9 Å². The number of nitrogens with zero attached hydrogens (tertiary/aromatic N) is 3. The van der Waals surface area contributed by atoms with Gasteiger partial charge >= 0.3 is 0 Å². The van der Waals surface area contributed by atoms with Crippen molar-refractivity contribution in [2.75, 3.05) is 6.54 Å². The van der Waals surface area contributed by atoms with E-state index >= 15 is 0 Å². The molecule has 5 heteroatoms. The molecule has 0 radical (unpaired) electrons. The predicted octanol–water partition coefficient (Wildman–Crippen LogP) is 3.22. The monoisotopic (exact) mass is 331 g/mol. The summed E-state index contributed by atoms with van der Waals surface area (Å²) in [5.74, 6) is 0.0399. The predicted molar refractivity (Wildman–Crippen MR) is 79.2 cm³/mol. The van der Waals surface area contributed by atoms with Gasteiger partial charge in [0.2, 0.25) is 0 Å². The van der Waals surface area contributed by atoms with Crippen molar-refractivity contribution in [3.63, 3.8) is 0 Å². The van der Waals surface area contributed by atoms with Gasteiger partial charge < -0.3 is 4.90 Å². The molecule has 2 aromatic heterocycles. The molecule has 1 aliphatic rings. The van der Waals surface area contributed by atoms with Crippen LogP contribution in [0.1, 0.15) is 34.8 Å². The summed E-state index contributed by atoms with van der Waals surface area (Å²) in [5, 5.41) is 0. The van der Waals surface area contributed by atoms with E-state index in [1.165, 1.54) is 0 Å². The van der Waals surface area contributed by atoms with Crippen LogP contribution in [0.5, 0.6) is 0 Å². The maximum atomic E-state index is 12.6. The van der Waals surface area contributed by atoms with Crippen LogP contribution in [-0.4, -0.2) is 27.3 Å². The summed E-state index contributed by atoms with van der Waals surface area (Å²) in [6, 6.07) is 5.92. The summed E-state index contributed by atoms with van der Waals surface area (Å²) in [7, 11) is 0. The fraction of sp³-hybridized carbons (Fsp3) is 0.267. The molecule has 3 heterocycles. The van der Waals surface area contributed by atoms with Crippen molar-refractivity contribution in [3.05, 3.63) is 58.6 Å². The van der Waals surface area contributed by atoms with Gasteiger partial charge in [0.1, 0.15) is 0 Å². The first kappa shape index (κ1) is 13.2. The van der Waals surface area contributed by atoms with E-state index in [9.17, 15) is 4.79 Å². The lowest BCUT2D eigenvalue weighted by Crippen LogP contribution is -2.30. The van der Waals surface area contributed by atoms with E-state index in [2.05, 4.69) is 25.9 Å². The van der Waals surface area contributed by atoms with Gasteiger partial charge in [-0.1, -0.05) is 0 Å². The lowest BCUT2D eigenvalue weighted by Gasteiger charge is -2.25. The summed E-state index contributed by atoms with van der Waals surface area (Å²) in [6.07, 6.45) is 8.88. The van der Waals surface area contributed by atoms with Gasteiger partial charge in [-0.25, -0.2) is 0 Å². The third kappa shape index (κ3) is 2.58. The van der Waals surface area contributed by atoms with Crippen molar-refractivity contribution in [1.29, 1.82) is 0 Å². The van der Waals surface area contributed by atoms with Crippen LogP contribution in [0, 0.1) is 0 Å². The minimum atomic E-state index is 0.0399. The second-order valence-electron chi connectivity index (χ2n) is 4.83. The van der Waals surface area contributed by atoms with Crippen molar-refractivity contribution < 1.29 is 4.79 Å². The zero-order valence-electron chi connectivity index (χ0n) is 10.9. The fourth-order valence-electron chi connectivity index (χ4n) is 2.64. The Morgan fingerprint density at radius 3 is 2.80 bits per heavy atom. The zero-order valence-corrected chi connectivity index (χ0v) is 12.5. The summed E-state index contributed by atoms with van der Waals surface area (Å²) in [6.45, 7) is 0.790. The molecule has 20 heavy (non-hydrogen) atoms. The maximum Gasteiger partial charge on any atom is 0.255 e. The number of likely N-dealkylation sites (tertiary alicyclic amines) is 1. The molecule has 1 aliphatic heterocycles. The van der Waals surface area contributed by atoms with Crippen LogP contribution in [0.15, 0.2) is 47.5 Å². The number of halogens is 1. The van der Waals surface area contributed by atoms with E-state index < -0.39 is 0 Å². The molecular weight excluding hydrogens is 318 g/mol. The van der Waals surface area contributed by atoms with Crippen molar-refractivity contribution in [1.82, 2.24) is 14.9 Å². The zero-order chi connectivity index (χ0) is 13.9. The molecule has 0 aliphatic carbocycles. The van der Waals surface area contributed by atoms with E-state index in [4.69, 9.17) is 0 Å². The van der Waals surface area contributed by atoms with E-state index in [-0.39, 0.29) is 11.9 Å². The molecular formula is C15H14BrN3O. The quantitative estimate of drug-likeness (QED) is 0.848. The first-order valence-corrected chi connectivity index (χ1v) is 7.36. The molecule has 2 aromatic rings. The Bertz CT molecular complexity index is 618. The van der Waals surface area contributed by atoms with Gasteiger partial charge in [0, 0.05) is 35.8 Å². The Morgan fingerprint density at radius 2 is 2.05 bits per heavy atom. The van der Waals surface area contributed by atoms with Crippen molar-refractivity contribution in [3.8, 4) is 0 Å². The van der Waals surface area contributed by atoms with Crippen LogP contribution < -0.4 is 0 Å². The summed E-state index contributed by atoms with van der Waals surface area (Å²) in [5.41, 5.74) is 1.77. The van der Waals surface area contributed by atoms with E-state index in [1.54, 1.807) is 24.8 Å². The van der Waals surface area contributed by atoms with Crippen molar-refractivity contribution in [2.24, 2.45) is 0 Å². The number of rotatable bonds is 2. The maximum absolute atomic E-state index is 12.6. The molecule has 1 saturated heterocycles. The number of amides is 1. The highest BCUT2D eigenvalue weighted by atomic mass is 79.9. The SMILES string of the molecule is O=C(c1cncc(Br)c1)N1CCC[C@@H]1c1ccncc1. The lowest BCUT2D eigenvalue weighted by atomic mass is 10.1. The van der Waals surface area contributed by atoms with Gasteiger partial charge in [-0.2, -0.15) is 0 Å². The molecule has 1 fully saturated rings. The molecule has 0 saturated carbocycles. The largest absolute Gasteiger partial charge is 0.332 e. The number of carbonyl (C=O) groups excluding carboxylic acids is 1. The second kappa shape index (κ2) is 5.71. The first-order valence-electron chi connectivity index (χ1n) is 6.57. The number of pyridine rings is 2. The first-order chi connectivity index (χ1) is 9.75. The fourth-order valence-corrected chi connectivity index (χ4v) is 3.00. The summed E-state index contributed by atoms with van der Waals surface area (Å²) >= 11 is 3.36. The molecule has 0 bridgehead atoms. The Morgan fingerprint density at radius 1 is 1.25 bits per heavy atom. The molecule has 1 amide bonds. The highest BCUT2D eigenvalue weighted by Crippen LogP contribution is 2.32.